The minimum atomic E-state index is -0.443. The summed E-state index contributed by atoms with van der Waals surface area (Å²) in [7, 11) is 3.10. The lowest BCUT2D eigenvalue weighted by molar-refractivity contribution is 0.102. The van der Waals surface area contributed by atoms with Gasteiger partial charge in [0.15, 0.2) is 5.82 Å². The minimum absolute atomic E-state index is 0.0844. The first kappa shape index (κ1) is 22.9. The second-order valence-electron chi connectivity index (χ2n) is 7.19. The van der Waals surface area contributed by atoms with E-state index < -0.39 is 5.82 Å². The first-order chi connectivity index (χ1) is 16.6. The zero-order valence-electron chi connectivity index (χ0n) is 18.7. The Morgan fingerprint density at radius 1 is 1.00 bits per heavy atom. The molecule has 1 amide bonds. The molecule has 4 aromatic rings. The number of ether oxygens (including phenoxy) is 3. The molecule has 1 aromatic heterocycles. The molecule has 0 fully saturated rings. The van der Waals surface area contributed by atoms with Crippen LogP contribution in [0.4, 0.5) is 10.1 Å². The number of nitrogens with zero attached hydrogens (tertiary/aromatic N) is 3. The Morgan fingerprint density at radius 2 is 1.82 bits per heavy atom. The highest BCUT2D eigenvalue weighted by atomic mass is 19.1. The molecule has 0 aliphatic heterocycles. The third-order valence-corrected chi connectivity index (χ3v) is 4.90. The molecule has 0 unspecified atom stereocenters. The van der Waals surface area contributed by atoms with Gasteiger partial charge in [-0.25, -0.2) is 9.07 Å². The highest BCUT2D eigenvalue weighted by Crippen LogP contribution is 2.27. The van der Waals surface area contributed by atoms with Gasteiger partial charge in [-0.3, -0.25) is 4.79 Å². The van der Waals surface area contributed by atoms with Gasteiger partial charge in [0.2, 0.25) is 0 Å². The number of hydrogen-bond acceptors (Lipinski definition) is 6. The van der Waals surface area contributed by atoms with Crippen molar-refractivity contribution in [3.8, 4) is 28.8 Å². The average Bonchev–Trinajstić information content (AvgIpc) is 3.28. The first-order valence-corrected chi connectivity index (χ1v) is 10.5. The molecule has 0 radical (unpaired) electrons. The third-order valence-electron chi connectivity index (χ3n) is 4.90. The largest absolute Gasteiger partial charge is 0.497 e. The van der Waals surface area contributed by atoms with Crippen molar-refractivity contribution < 1.29 is 23.4 Å². The van der Waals surface area contributed by atoms with Crippen molar-refractivity contribution in [2.24, 2.45) is 0 Å². The van der Waals surface area contributed by atoms with Crippen LogP contribution in [-0.2, 0) is 4.74 Å². The number of halogens is 1. The lowest BCUT2D eigenvalue weighted by Gasteiger charge is -2.10. The Bertz CT molecular complexity index is 1290. The molecule has 34 heavy (non-hydrogen) atoms. The molecular formula is C25H23FN4O4. The monoisotopic (exact) mass is 462 g/mol. The van der Waals surface area contributed by atoms with Gasteiger partial charge in [-0.2, -0.15) is 4.98 Å². The normalized spacial score (nSPS) is 10.7. The highest BCUT2D eigenvalue weighted by Gasteiger charge is 2.18. The number of rotatable bonds is 9. The van der Waals surface area contributed by atoms with Crippen LogP contribution in [0.15, 0.2) is 72.8 Å². The summed E-state index contributed by atoms with van der Waals surface area (Å²) in [6.45, 7) is 0.600. The zero-order chi connectivity index (χ0) is 23.9. The van der Waals surface area contributed by atoms with E-state index in [1.54, 1.807) is 80.9 Å². The van der Waals surface area contributed by atoms with Gasteiger partial charge >= 0.3 is 6.01 Å². The fraction of sp³-hybridized carbons (Fsp3) is 0.160. The molecule has 1 heterocycles. The molecule has 1 N–H and O–H groups in total. The number of carbonyl (C=O) groups excluding carboxylic acids is 1. The first-order valence-electron chi connectivity index (χ1n) is 10.5. The summed E-state index contributed by atoms with van der Waals surface area (Å²) in [4.78, 5) is 17.1. The van der Waals surface area contributed by atoms with Crippen LogP contribution in [0, 0.1) is 5.82 Å². The fourth-order valence-electron chi connectivity index (χ4n) is 3.25. The number of methoxy groups -OCH3 is 2. The summed E-state index contributed by atoms with van der Waals surface area (Å²) in [5.41, 5.74) is 1.81. The van der Waals surface area contributed by atoms with E-state index in [0.29, 0.717) is 29.3 Å². The van der Waals surface area contributed by atoms with E-state index in [-0.39, 0.29) is 29.9 Å². The summed E-state index contributed by atoms with van der Waals surface area (Å²) in [6.07, 6.45) is 0. The molecule has 174 valence electrons. The maximum atomic E-state index is 14.6. The van der Waals surface area contributed by atoms with Crippen molar-refractivity contribution in [3.63, 3.8) is 0 Å². The van der Waals surface area contributed by atoms with Gasteiger partial charge in [0, 0.05) is 18.4 Å². The maximum absolute atomic E-state index is 14.6. The van der Waals surface area contributed by atoms with E-state index in [1.165, 1.54) is 10.7 Å². The summed E-state index contributed by atoms with van der Waals surface area (Å²) in [6, 6.07) is 20.2. The van der Waals surface area contributed by atoms with Crippen LogP contribution >= 0.6 is 0 Å². The molecule has 8 nitrogen and oxygen atoms in total. The smallest absolute Gasteiger partial charge is 0.336 e. The van der Waals surface area contributed by atoms with Gasteiger partial charge < -0.3 is 19.5 Å². The van der Waals surface area contributed by atoms with Crippen LogP contribution in [0.3, 0.4) is 0 Å². The number of carbonyl (C=O) groups is 1. The van der Waals surface area contributed by atoms with Crippen LogP contribution in [-0.4, -0.2) is 48.1 Å². The van der Waals surface area contributed by atoms with Crippen molar-refractivity contribution in [3.05, 3.63) is 84.2 Å². The Hall–Kier alpha value is -4.24. The van der Waals surface area contributed by atoms with E-state index in [9.17, 15) is 9.18 Å². The fourth-order valence-corrected chi connectivity index (χ4v) is 3.25. The summed E-state index contributed by atoms with van der Waals surface area (Å²) in [5.74, 6) is 0.107. The summed E-state index contributed by atoms with van der Waals surface area (Å²) >= 11 is 0. The SMILES string of the molecule is COCCOc1nc(-c2ccccc2F)n(-c2cccc(NC(=O)c3cccc(OC)c3)c2)n1. The molecular weight excluding hydrogens is 439 g/mol. The highest BCUT2D eigenvalue weighted by molar-refractivity contribution is 6.04. The number of anilines is 1. The second kappa shape index (κ2) is 10.6. The van der Waals surface area contributed by atoms with Crippen molar-refractivity contribution in [2.45, 2.75) is 0 Å². The Balaban J connectivity index is 1.66. The Labute approximate surface area is 195 Å². The van der Waals surface area contributed by atoms with Gasteiger partial charge in [0.1, 0.15) is 18.2 Å². The quantitative estimate of drug-likeness (QED) is 0.372. The average molecular weight is 462 g/mol. The van der Waals surface area contributed by atoms with Crippen molar-refractivity contribution >= 4 is 11.6 Å². The molecule has 0 saturated carbocycles. The van der Waals surface area contributed by atoms with Gasteiger partial charge in [0.25, 0.3) is 5.91 Å². The standard InChI is InChI=1S/C25H23FN4O4/c1-32-13-14-34-25-28-23(21-11-3-4-12-22(21)26)30(29-25)19-9-6-8-18(16-19)27-24(31)17-7-5-10-20(15-17)33-2/h3-12,15-16H,13-14H2,1-2H3,(H,27,31). The predicted molar refractivity (Wildman–Crippen MR) is 125 cm³/mol. The zero-order valence-corrected chi connectivity index (χ0v) is 18.7. The number of nitrogens with one attached hydrogen (secondary N) is 1. The van der Waals surface area contributed by atoms with E-state index >= 15 is 0 Å². The Kier molecular flexibility index (Phi) is 7.14. The summed E-state index contributed by atoms with van der Waals surface area (Å²) in [5, 5.41) is 7.26. The molecule has 0 aliphatic carbocycles. The van der Waals surface area contributed by atoms with E-state index in [1.807, 2.05) is 0 Å². The van der Waals surface area contributed by atoms with E-state index in [2.05, 4.69) is 15.4 Å². The molecule has 0 spiro atoms. The van der Waals surface area contributed by atoms with Crippen LogP contribution in [0.25, 0.3) is 17.1 Å². The predicted octanol–water partition coefficient (Wildman–Crippen LogP) is 4.36. The topological polar surface area (TPSA) is 87.5 Å². The van der Waals surface area contributed by atoms with Gasteiger partial charge in [-0.15, -0.1) is 5.10 Å². The van der Waals surface area contributed by atoms with Crippen LogP contribution in [0.1, 0.15) is 10.4 Å². The molecule has 0 saturated heterocycles. The molecule has 9 heteroatoms. The molecule has 3 aromatic carbocycles. The lowest BCUT2D eigenvalue weighted by atomic mass is 10.2. The van der Waals surface area contributed by atoms with E-state index in [0.717, 1.165) is 0 Å². The molecule has 0 bridgehead atoms. The molecule has 0 aliphatic rings. The molecule has 0 atom stereocenters. The van der Waals surface area contributed by atoms with Gasteiger partial charge in [-0.05, 0) is 48.5 Å². The minimum Gasteiger partial charge on any atom is -0.497 e. The lowest BCUT2D eigenvalue weighted by Crippen LogP contribution is -2.12. The second-order valence-corrected chi connectivity index (χ2v) is 7.19. The maximum Gasteiger partial charge on any atom is 0.336 e. The third kappa shape index (κ3) is 5.21. The number of amides is 1. The number of hydrogen-bond donors (Lipinski definition) is 1. The van der Waals surface area contributed by atoms with Crippen LogP contribution in [0.2, 0.25) is 0 Å². The molecule has 4 rings (SSSR count). The van der Waals surface area contributed by atoms with Gasteiger partial charge in [0.05, 0.1) is 25.0 Å². The number of benzene rings is 3. The van der Waals surface area contributed by atoms with E-state index in [4.69, 9.17) is 14.2 Å². The van der Waals surface area contributed by atoms with Crippen molar-refractivity contribution in [1.82, 2.24) is 14.8 Å². The number of aromatic nitrogens is 3. The Morgan fingerprint density at radius 3 is 2.62 bits per heavy atom. The van der Waals surface area contributed by atoms with Gasteiger partial charge in [-0.1, -0.05) is 24.3 Å². The van der Waals surface area contributed by atoms with Crippen molar-refractivity contribution in [1.29, 1.82) is 0 Å². The van der Waals surface area contributed by atoms with Crippen LogP contribution in [0.5, 0.6) is 11.8 Å². The van der Waals surface area contributed by atoms with Crippen molar-refractivity contribution in [2.75, 3.05) is 32.8 Å². The summed E-state index contributed by atoms with van der Waals surface area (Å²) < 4.78 is 31.8. The van der Waals surface area contributed by atoms with Crippen LogP contribution < -0.4 is 14.8 Å².